The second-order valence-electron chi connectivity index (χ2n) is 6.92. The third kappa shape index (κ3) is 5.06. The van der Waals surface area contributed by atoms with Crippen molar-refractivity contribution in [2.45, 2.75) is 63.9 Å². The monoisotopic (exact) mass is 282 g/mol. The molecule has 0 atom stereocenters. The van der Waals surface area contributed by atoms with E-state index in [1.807, 2.05) is 0 Å². The number of nitrogens with one attached hydrogen (secondary N) is 2. The lowest BCUT2D eigenvalue weighted by molar-refractivity contribution is -0.123. The van der Waals surface area contributed by atoms with Crippen molar-refractivity contribution in [1.82, 2.24) is 10.6 Å². The van der Waals surface area contributed by atoms with Gasteiger partial charge in [-0.05, 0) is 69.9 Å². The molecule has 20 heavy (non-hydrogen) atoms. The maximum atomic E-state index is 11.9. The number of piperidine rings is 1. The summed E-state index contributed by atoms with van der Waals surface area (Å²) in [5.74, 6) is 1.52. The Bertz CT molecular complexity index is 306. The molecule has 1 heterocycles. The number of amides is 1. The molecule has 0 bridgehead atoms. The van der Waals surface area contributed by atoms with Crippen LogP contribution in [0.2, 0.25) is 0 Å². The highest BCUT2D eigenvalue weighted by molar-refractivity contribution is 5.75. The van der Waals surface area contributed by atoms with Gasteiger partial charge in [-0.3, -0.25) is 4.79 Å². The minimum atomic E-state index is -0.656. The van der Waals surface area contributed by atoms with E-state index in [1.54, 1.807) is 0 Å². The zero-order chi connectivity index (χ0) is 14.4. The summed E-state index contributed by atoms with van der Waals surface area (Å²) in [6, 6.07) is 0. The normalized spacial score (nSPS) is 32.0. The van der Waals surface area contributed by atoms with Crippen LogP contribution in [0.25, 0.3) is 0 Å². The van der Waals surface area contributed by atoms with Crippen LogP contribution in [-0.4, -0.2) is 36.2 Å². The fourth-order valence-corrected chi connectivity index (χ4v) is 3.33. The van der Waals surface area contributed by atoms with Crippen molar-refractivity contribution < 1.29 is 9.90 Å². The molecule has 1 amide bonds. The lowest BCUT2D eigenvalue weighted by atomic mass is 9.79. The van der Waals surface area contributed by atoms with Crippen molar-refractivity contribution in [2.24, 2.45) is 11.8 Å². The Hall–Kier alpha value is -0.610. The van der Waals surface area contributed by atoms with E-state index in [1.165, 1.54) is 12.8 Å². The van der Waals surface area contributed by atoms with E-state index < -0.39 is 5.60 Å². The quantitative estimate of drug-likeness (QED) is 0.721. The molecule has 0 aromatic rings. The Morgan fingerprint density at radius 1 is 1.25 bits per heavy atom. The summed E-state index contributed by atoms with van der Waals surface area (Å²) >= 11 is 0. The largest absolute Gasteiger partial charge is 0.388 e. The van der Waals surface area contributed by atoms with Crippen LogP contribution in [-0.2, 0) is 4.79 Å². The first-order chi connectivity index (χ1) is 9.57. The van der Waals surface area contributed by atoms with Crippen molar-refractivity contribution >= 4 is 5.91 Å². The predicted octanol–water partition coefficient (Wildman–Crippen LogP) is 1.82. The van der Waals surface area contributed by atoms with E-state index in [9.17, 15) is 9.90 Å². The summed E-state index contributed by atoms with van der Waals surface area (Å²) in [4.78, 5) is 11.9. The van der Waals surface area contributed by atoms with Crippen LogP contribution in [0.3, 0.4) is 0 Å². The lowest BCUT2D eigenvalue weighted by Gasteiger charge is -2.35. The summed E-state index contributed by atoms with van der Waals surface area (Å²) in [6.45, 7) is 4.84. The molecule has 4 nitrogen and oxygen atoms in total. The van der Waals surface area contributed by atoms with Gasteiger partial charge in [0.05, 0.1) is 5.60 Å². The van der Waals surface area contributed by atoms with Crippen LogP contribution >= 0.6 is 0 Å². The van der Waals surface area contributed by atoms with Gasteiger partial charge >= 0.3 is 0 Å². The van der Waals surface area contributed by atoms with E-state index in [0.29, 0.717) is 24.8 Å². The molecule has 2 rings (SSSR count). The van der Waals surface area contributed by atoms with Gasteiger partial charge in [0, 0.05) is 13.0 Å². The van der Waals surface area contributed by atoms with Gasteiger partial charge in [0.2, 0.25) is 5.91 Å². The highest BCUT2D eigenvalue weighted by Gasteiger charge is 2.31. The highest BCUT2D eigenvalue weighted by atomic mass is 16.3. The Balaban J connectivity index is 1.62. The summed E-state index contributed by atoms with van der Waals surface area (Å²) in [6.07, 6.45) is 7.76. The Morgan fingerprint density at radius 2 is 1.90 bits per heavy atom. The SMILES string of the molecule is CC1CCC(O)(CNC(=O)CCC2CCNCC2)CC1. The van der Waals surface area contributed by atoms with Gasteiger partial charge in [-0.15, -0.1) is 0 Å². The zero-order valence-corrected chi connectivity index (χ0v) is 12.8. The number of carbonyl (C=O) groups excluding carboxylic acids is 1. The van der Waals surface area contributed by atoms with Gasteiger partial charge in [0.1, 0.15) is 0 Å². The molecule has 1 aliphatic heterocycles. The molecule has 1 saturated carbocycles. The fourth-order valence-electron chi connectivity index (χ4n) is 3.33. The molecule has 0 unspecified atom stereocenters. The summed E-state index contributed by atoms with van der Waals surface area (Å²) < 4.78 is 0. The third-order valence-corrected chi connectivity index (χ3v) is 5.06. The third-order valence-electron chi connectivity index (χ3n) is 5.06. The van der Waals surface area contributed by atoms with Gasteiger partial charge < -0.3 is 15.7 Å². The number of hydrogen-bond donors (Lipinski definition) is 3. The van der Waals surface area contributed by atoms with Gasteiger partial charge in [-0.25, -0.2) is 0 Å². The molecule has 0 spiro atoms. The number of rotatable bonds is 5. The van der Waals surface area contributed by atoms with Crippen LogP contribution in [0.15, 0.2) is 0 Å². The molecular formula is C16H30N2O2. The number of hydrogen-bond acceptors (Lipinski definition) is 3. The molecule has 1 aliphatic carbocycles. The topological polar surface area (TPSA) is 61.4 Å². The van der Waals surface area contributed by atoms with Crippen molar-refractivity contribution in [3.8, 4) is 0 Å². The summed E-state index contributed by atoms with van der Waals surface area (Å²) in [5, 5.41) is 16.7. The van der Waals surface area contributed by atoms with Gasteiger partial charge in [-0.1, -0.05) is 6.92 Å². The Labute approximate surface area is 122 Å². The van der Waals surface area contributed by atoms with Crippen LogP contribution in [0.1, 0.15) is 58.3 Å². The van der Waals surface area contributed by atoms with Crippen molar-refractivity contribution in [3.05, 3.63) is 0 Å². The first-order valence-corrected chi connectivity index (χ1v) is 8.27. The maximum Gasteiger partial charge on any atom is 0.220 e. The van der Waals surface area contributed by atoms with Crippen molar-refractivity contribution in [1.29, 1.82) is 0 Å². The predicted molar refractivity (Wildman–Crippen MR) is 80.4 cm³/mol. The molecule has 3 N–H and O–H groups in total. The number of aliphatic hydroxyl groups is 1. The summed E-state index contributed by atoms with van der Waals surface area (Å²) in [7, 11) is 0. The summed E-state index contributed by atoms with van der Waals surface area (Å²) in [5.41, 5.74) is -0.656. The maximum absolute atomic E-state index is 11.9. The molecule has 0 aromatic carbocycles. The highest BCUT2D eigenvalue weighted by Crippen LogP contribution is 2.31. The Kier molecular flexibility index (Phi) is 5.85. The van der Waals surface area contributed by atoms with E-state index in [4.69, 9.17) is 0 Å². The minimum absolute atomic E-state index is 0.107. The van der Waals surface area contributed by atoms with Crippen molar-refractivity contribution in [2.75, 3.05) is 19.6 Å². The molecule has 4 heteroatoms. The van der Waals surface area contributed by atoms with Crippen LogP contribution in [0.4, 0.5) is 0 Å². The smallest absolute Gasteiger partial charge is 0.220 e. The van der Waals surface area contributed by atoms with E-state index >= 15 is 0 Å². The van der Waals surface area contributed by atoms with Crippen LogP contribution in [0.5, 0.6) is 0 Å². The first-order valence-electron chi connectivity index (χ1n) is 8.27. The standard InChI is InChI=1S/C16H30N2O2/c1-13-4-8-16(20,9-5-13)12-18-15(19)3-2-14-6-10-17-11-7-14/h13-14,17,20H,2-12H2,1H3,(H,18,19). The lowest BCUT2D eigenvalue weighted by Crippen LogP contribution is -2.45. The average Bonchev–Trinajstić information content (AvgIpc) is 2.48. The fraction of sp³-hybridized carbons (Fsp3) is 0.938. The minimum Gasteiger partial charge on any atom is -0.388 e. The molecule has 0 radical (unpaired) electrons. The molecule has 116 valence electrons. The van der Waals surface area contributed by atoms with Crippen LogP contribution in [0, 0.1) is 11.8 Å². The molecule has 1 saturated heterocycles. The van der Waals surface area contributed by atoms with Crippen LogP contribution < -0.4 is 10.6 Å². The number of carbonyl (C=O) groups is 1. The Morgan fingerprint density at radius 3 is 2.55 bits per heavy atom. The van der Waals surface area contributed by atoms with Gasteiger partial charge in [-0.2, -0.15) is 0 Å². The van der Waals surface area contributed by atoms with E-state index in [0.717, 1.165) is 45.2 Å². The average molecular weight is 282 g/mol. The second-order valence-corrected chi connectivity index (χ2v) is 6.92. The first kappa shape index (κ1) is 15.8. The second kappa shape index (κ2) is 7.41. The van der Waals surface area contributed by atoms with E-state index in [-0.39, 0.29) is 5.91 Å². The van der Waals surface area contributed by atoms with E-state index in [2.05, 4.69) is 17.6 Å². The van der Waals surface area contributed by atoms with Gasteiger partial charge in [0.15, 0.2) is 0 Å². The molecule has 2 fully saturated rings. The molecule has 0 aromatic heterocycles. The molecular weight excluding hydrogens is 252 g/mol. The van der Waals surface area contributed by atoms with Crippen molar-refractivity contribution in [3.63, 3.8) is 0 Å². The van der Waals surface area contributed by atoms with Gasteiger partial charge in [0.25, 0.3) is 0 Å². The molecule has 2 aliphatic rings. The zero-order valence-electron chi connectivity index (χ0n) is 12.8.